The van der Waals surface area contributed by atoms with E-state index < -0.39 is 4.92 Å². The average molecular weight is 425 g/mol. The first-order valence-corrected chi connectivity index (χ1v) is 9.12. The molecule has 9 heteroatoms. The fourth-order valence-electron chi connectivity index (χ4n) is 2.94. The number of amides is 1. The summed E-state index contributed by atoms with van der Waals surface area (Å²) in [5.41, 5.74) is 0.888. The maximum atomic E-state index is 12.5. The lowest BCUT2D eigenvalue weighted by Crippen LogP contribution is -2.25. The Balaban J connectivity index is 1.54. The molecule has 0 aliphatic carbocycles. The van der Waals surface area contributed by atoms with Crippen LogP contribution >= 0.6 is 11.6 Å². The summed E-state index contributed by atoms with van der Waals surface area (Å²) in [5.74, 6) is 0.516. The largest absolute Gasteiger partial charge is 0.482 e. The van der Waals surface area contributed by atoms with Gasteiger partial charge in [0.2, 0.25) is 0 Å². The lowest BCUT2D eigenvalue weighted by molar-refractivity contribution is -0.384. The Bertz CT molecular complexity index is 1210. The summed E-state index contributed by atoms with van der Waals surface area (Å²) in [6, 6.07) is 12.2. The Hall–Kier alpha value is -3.91. The zero-order chi connectivity index (χ0) is 21.3. The van der Waals surface area contributed by atoms with Crippen LogP contribution in [0.4, 0.5) is 11.4 Å². The van der Waals surface area contributed by atoms with E-state index in [1.807, 2.05) is 0 Å². The fraction of sp³-hybridized carbons (Fsp3) is 0.0476. The van der Waals surface area contributed by atoms with Crippen molar-refractivity contribution in [2.75, 3.05) is 11.9 Å². The van der Waals surface area contributed by atoms with Crippen LogP contribution in [0.15, 0.2) is 59.0 Å². The van der Waals surface area contributed by atoms with Gasteiger partial charge in [0.05, 0.1) is 16.2 Å². The topological polar surface area (TPSA) is 112 Å². The van der Waals surface area contributed by atoms with E-state index in [0.717, 1.165) is 0 Å². The molecule has 0 unspecified atom stereocenters. The van der Waals surface area contributed by atoms with Gasteiger partial charge in [-0.25, -0.2) is 0 Å². The van der Waals surface area contributed by atoms with Gasteiger partial charge in [0.25, 0.3) is 11.6 Å². The number of nitrogens with one attached hydrogen (secondary N) is 1. The van der Waals surface area contributed by atoms with Gasteiger partial charge in [-0.3, -0.25) is 19.7 Å². The highest BCUT2D eigenvalue weighted by molar-refractivity contribution is 6.30. The second-order valence-corrected chi connectivity index (χ2v) is 6.80. The van der Waals surface area contributed by atoms with Gasteiger partial charge in [0, 0.05) is 16.7 Å². The van der Waals surface area contributed by atoms with Crippen molar-refractivity contribution in [1.82, 2.24) is 0 Å². The van der Waals surface area contributed by atoms with Crippen LogP contribution < -0.4 is 10.1 Å². The number of allylic oxidation sites excluding steroid dienone is 1. The van der Waals surface area contributed by atoms with E-state index in [4.69, 9.17) is 20.8 Å². The van der Waals surface area contributed by atoms with Crippen molar-refractivity contribution in [3.63, 3.8) is 0 Å². The van der Waals surface area contributed by atoms with E-state index in [2.05, 4.69) is 5.32 Å². The summed E-state index contributed by atoms with van der Waals surface area (Å²) in [6.07, 6.45) is 2.77. The van der Waals surface area contributed by atoms with E-state index >= 15 is 0 Å². The van der Waals surface area contributed by atoms with Gasteiger partial charge < -0.3 is 14.5 Å². The molecule has 8 nitrogen and oxygen atoms in total. The molecule has 0 radical (unpaired) electrons. The third kappa shape index (κ3) is 3.94. The summed E-state index contributed by atoms with van der Waals surface area (Å²) in [5, 5.41) is 14.2. The maximum Gasteiger partial charge on any atom is 0.281 e. The molecule has 1 N–H and O–H groups in total. The molecule has 1 aliphatic rings. The Morgan fingerprint density at radius 2 is 2.00 bits per heavy atom. The number of ketones is 1. The lowest BCUT2D eigenvalue weighted by Gasteiger charge is -2.17. The molecule has 0 bridgehead atoms. The molecule has 1 aliphatic heterocycles. The van der Waals surface area contributed by atoms with E-state index in [9.17, 15) is 19.7 Å². The number of fused-ring (bicyclic) bond motifs is 1. The monoisotopic (exact) mass is 424 g/mol. The molecule has 0 fully saturated rings. The van der Waals surface area contributed by atoms with Crippen LogP contribution in [0.2, 0.25) is 5.02 Å². The molecule has 3 aromatic rings. The highest BCUT2D eigenvalue weighted by Crippen LogP contribution is 2.33. The Kier molecular flexibility index (Phi) is 5.07. The van der Waals surface area contributed by atoms with Crippen molar-refractivity contribution in [1.29, 1.82) is 0 Å². The average Bonchev–Trinajstić information content (AvgIpc) is 3.20. The van der Waals surface area contributed by atoms with Gasteiger partial charge in [-0.05, 0) is 54.6 Å². The molecule has 0 saturated carbocycles. The third-order valence-corrected chi connectivity index (χ3v) is 4.58. The van der Waals surface area contributed by atoms with E-state index in [-0.39, 0.29) is 40.3 Å². The van der Waals surface area contributed by atoms with Crippen molar-refractivity contribution < 1.29 is 23.7 Å². The summed E-state index contributed by atoms with van der Waals surface area (Å²) in [7, 11) is 0. The Labute approximate surface area is 174 Å². The molecule has 0 saturated heterocycles. The number of carbonyl (C=O) groups is 2. The van der Waals surface area contributed by atoms with E-state index in [1.165, 1.54) is 36.4 Å². The number of hydrogen-bond acceptors (Lipinski definition) is 6. The van der Waals surface area contributed by atoms with Crippen molar-refractivity contribution in [2.24, 2.45) is 0 Å². The van der Waals surface area contributed by atoms with Crippen molar-refractivity contribution >= 4 is 40.7 Å². The Morgan fingerprint density at radius 1 is 1.17 bits per heavy atom. The minimum atomic E-state index is -0.540. The first-order chi connectivity index (χ1) is 14.4. The van der Waals surface area contributed by atoms with Gasteiger partial charge in [-0.1, -0.05) is 11.6 Å². The number of ether oxygens (including phenoxy) is 1. The number of nitro benzene ring substituents is 1. The highest BCUT2D eigenvalue weighted by atomic mass is 35.5. The van der Waals surface area contributed by atoms with Crippen LogP contribution in [0.25, 0.3) is 17.4 Å². The molecule has 0 spiro atoms. The number of hydrogen-bond donors (Lipinski definition) is 1. The standard InChI is InChI=1S/C21H13ClN2O6/c22-13-2-5-15(17(10-13)24(27)28)19-8-4-14(30-19)3-6-18(25)12-1-7-20-16(9-12)23-21(26)11-29-20/h1-10H,11H2,(H,23,26). The molecular weight excluding hydrogens is 412 g/mol. The molecule has 4 rings (SSSR count). The molecule has 1 amide bonds. The molecule has 2 aromatic carbocycles. The molecule has 150 valence electrons. The second-order valence-electron chi connectivity index (χ2n) is 6.37. The smallest absolute Gasteiger partial charge is 0.281 e. The number of halogens is 1. The number of carbonyl (C=O) groups excluding carboxylic acids is 2. The summed E-state index contributed by atoms with van der Waals surface area (Å²) < 4.78 is 10.9. The quantitative estimate of drug-likeness (QED) is 0.274. The van der Waals surface area contributed by atoms with Gasteiger partial charge in [0.1, 0.15) is 17.3 Å². The van der Waals surface area contributed by atoms with Gasteiger partial charge in [0.15, 0.2) is 12.4 Å². The van der Waals surface area contributed by atoms with Crippen LogP contribution in [0.1, 0.15) is 16.1 Å². The predicted molar refractivity (Wildman–Crippen MR) is 110 cm³/mol. The van der Waals surface area contributed by atoms with Crippen LogP contribution in [-0.4, -0.2) is 23.2 Å². The van der Waals surface area contributed by atoms with Crippen LogP contribution in [0.3, 0.4) is 0 Å². The minimum absolute atomic E-state index is 0.0627. The van der Waals surface area contributed by atoms with Gasteiger partial charge in [-0.15, -0.1) is 0 Å². The maximum absolute atomic E-state index is 12.5. The number of benzene rings is 2. The van der Waals surface area contributed by atoms with Crippen molar-refractivity contribution in [3.05, 3.63) is 81.1 Å². The second kappa shape index (κ2) is 7.84. The zero-order valence-electron chi connectivity index (χ0n) is 15.3. The SMILES string of the molecule is O=C1COc2ccc(C(=O)C=Cc3ccc(-c4ccc(Cl)cc4[N+](=O)[O-])o3)cc2N1. The van der Waals surface area contributed by atoms with Gasteiger partial charge >= 0.3 is 0 Å². The molecule has 30 heavy (non-hydrogen) atoms. The summed E-state index contributed by atoms with van der Waals surface area (Å²) in [6.45, 7) is -0.0627. The first-order valence-electron chi connectivity index (χ1n) is 8.74. The van der Waals surface area contributed by atoms with Gasteiger partial charge in [-0.2, -0.15) is 0 Å². The molecule has 0 atom stereocenters. The van der Waals surface area contributed by atoms with E-state index in [1.54, 1.807) is 24.3 Å². The number of nitrogens with zero attached hydrogens (tertiary/aromatic N) is 1. The molecule has 1 aromatic heterocycles. The predicted octanol–water partition coefficient (Wildman–Crippen LogP) is 4.74. The van der Waals surface area contributed by atoms with Crippen molar-refractivity contribution in [2.45, 2.75) is 0 Å². The summed E-state index contributed by atoms with van der Waals surface area (Å²) >= 11 is 5.83. The van der Waals surface area contributed by atoms with Crippen LogP contribution in [0.5, 0.6) is 5.75 Å². The number of rotatable bonds is 5. The molecular formula is C21H13ClN2O6. The first kappa shape index (κ1) is 19.4. The fourth-order valence-corrected chi connectivity index (χ4v) is 3.11. The summed E-state index contributed by atoms with van der Waals surface area (Å²) in [4.78, 5) is 34.6. The Morgan fingerprint density at radius 3 is 2.80 bits per heavy atom. The van der Waals surface area contributed by atoms with E-state index in [0.29, 0.717) is 22.8 Å². The third-order valence-electron chi connectivity index (χ3n) is 4.34. The van der Waals surface area contributed by atoms with Crippen LogP contribution in [-0.2, 0) is 4.79 Å². The number of furan rings is 1. The normalized spacial score (nSPS) is 12.9. The van der Waals surface area contributed by atoms with Crippen molar-refractivity contribution in [3.8, 4) is 17.1 Å². The number of nitro groups is 1. The zero-order valence-corrected chi connectivity index (χ0v) is 16.0. The lowest BCUT2D eigenvalue weighted by atomic mass is 10.1. The van der Waals surface area contributed by atoms with Crippen LogP contribution in [0, 0.1) is 10.1 Å². The number of anilines is 1. The molecule has 2 heterocycles. The minimum Gasteiger partial charge on any atom is -0.482 e. The highest BCUT2D eigenvalue weighted by Gasteiger charge is 2.19.